The first-order chi connectivity index (χ1) is 10.3. The van der Waals surface area contributed by atoms with Crippen molar-refractivity contribution in [2.45, 2.75) is 25.4 Å². The summed E-state index contributed by atoms with van der Waals surface area (Å²) in [6, 6.07) is 1.83. The zero-order valence-corrected chi connectivity index (χ0v) is 16.2. The number of aliphatic hydroxyl groups is 1. The van der Waals surface area contributed by atoms with Crippen LogP contribution in [0, 0.1) is 9.39 Å². The van der Waals surface area contributed by atoms with Crippen molar-refractivity contribution in [1.29, 1.82) is 0 Å². The van der Waals surface area contributed by atoms with Crippen LogP contribution in [0.25, 0.3) is 10.9 Å². The summed E-state index contributed by atoms with van der Waals surface area (Å²) in [5.74, 6) is 0.121. The second-order valence-electron chi connectivity index (χ2n) is 5.72. The quantitative estimate of drug-likeness (QED) is 0.363. The summed E-state index contributed by atoms with van der Waals surface area (Å²) in [6.45, 7) is 2.97. The number of benzene rings is 1. The van der Waals surface area contributed by atoms with Gasteiger partial charge in [0.2, 0.25) is 5.28 Å². The number of β-amino-alcohol motifs (C(OH)–C–C–N with tert-alkyl or cyclic N) is 1. The lowest BCUT2D eigenvalue weighted by Crippen LogP contribution is -2.46. The first-order valence-electron chi connectivity index (χ1n) is 6.76. The van der Waals surface area contributed by atoms with Crippen LogP contribution in [0.2, 0.25) is 5.28 Å². The largest absolute Gasteiger partial charge is 0.388 e. The molecule has 118 valence electrons. The molecule has 2 aromatic rings. The van der Waals surface area contributed by atoms with Gasteiger partial charge in [0.05, 0.1) is 10.1 Å². The number of nitrogens with zero attached hydrogens (tertiary/aromatic N) is 3. The van der Waals surface area contributed by atoms with Crippen molar-refractivity contribution in [3.05, 3.63) is 25.2 Å². The van der Waals surface area contributed by atoms with Crippen LogP contribution in [0.4, 0.5) is 10.2 Å². The summed E-state index contributed by atoms with van der Waals surface area (Å²) >= 11 is 11.3. The number of hydrogen-bond donors (Lipinski definition) is 1. The topological polar surface area (TPSA) is 49.2 Å². The minimum Gasteiger partial charge on any atom is -0.388 e. The summed E-state index contributed by atoms with van der Waals surface area (Å²) < 4.78 is 15.6. The molecule has 0 saturated carbocycles. The van der Waals surface area contributed by atoms with Crippen molar-refractivity contribution in [2.75, 3.05) is 18.0 Å². The molecule has 1 aromatic carbocycles. The smallest absolute Gasteiger partial charge is 0.225 e. The fourth-order valence-electron chi connectivity index (χ4n) is 2.77. The Hall–Kier alpha value is -0.250. The molecule has 1 atom stereocenters. The number of rotatable bonds is 1. The Labute approximate surface area is 154 Å². The van der Waals surface area contributed by atoms with Crippen molar-refractivity contribution in [2.24, 2.45) is 0 Å². The first kappa shape index (κ1) is 16.6. The van der Waals surface area contributed by atoms with Gasteiger partial charge in [-0.25, -0.2) is 9.37 Å². The van der Waals surface area contributed by atoms with Crippen molar-refractivity contribution in [3.63, 3.8) is 0 Å². The highest BCUT2D eigenvalue weighted by molar-refractivity contribution is 14.1. The third kappa shape index (κ3) is 3.05. The average molecular weight is 501 g/mol. The van der Waals surface area contributed by atoms with Gasteiger partial charge in [0.15, 0.2) is 5.82 Å². The predicted molar refractivity (Wildman–Crippen MR) is 97.0 cm³/mol. The standard InChI is InChI=1S/C14H13BrClFIN3O/c1-14(22)3-2-4-21(6-14)12-7-5-8(18)9(15)10(17)11(7)19-13(16)20-12/h5,22H,2-4,6H2,1H3/t14-/m1/s1. The van der Waals surface area contributed by atoms with E-state index in [0.29, 0.717) is 22.2 Å². The van der Waals surface area contributed by atoms with E-state index in [9.17, 15) is 9.50 Å². The van der Waals surface area contributed by atoms with Gasteiger partial charge < -0.3 is 10.0 Å². The van der Waals surface area contributed by atoms with Gasteiger partial charge in [-0.15, -0.1) is 0 Å². The van der Waals surface area contributed by atoms with Crippen molar-refractivity contribution in [3.8, 4) is 0 Å². The molecular formula is C14H13BrClFIN3O. The van der Waals surface area contributed by atoms with Crippen LogP contribution in [-0.2, 0) is 0 Å². The molecule has 1 saturated heterocycles. The van der Waals surface area contributed by atoms with Crippen molar-refractivity contribution >= 4 is 66.8 Å². The summed E-state index contributed by atoms with van der Waals surface area (Å²) in [6.07, 6.45) is 1.57. The van der Waals surface area contributed by atoms with Crippen molar-refractivity contribution in [1.82, 2.24) is 9.97 Å². The maximum atomic E-state index is 14.5. The summed E-state index contributed by atoms with van der Waals surface area (Å²) in [5, 5.41) is 10.9. The minimum atomic E-state index is -0.789. The number of fused-ring (bicyclic) bond motifs is 1. The van der Waals surface area contributed by atoms with Gasteiger partial charge in [0.1, 0.15) is 11.3 Å². The van der Waals surface area contributed by atoms with E-state index in [0.717, 1.165) is 23.0 Å². The van der Waals surface area contributed by atoms with E-state index in [1.807, 2.05) is 11.0 Å². The normalized spacial score (nSPS) is 22.4. The first-order valence-corrected chi connectivity index (χ1v) is 9.01. The zero-order chi connectivity index (χ0) is 16.1. The second kappa shape index (κ2) is 5.99. The molecule has 0 radical (unpaired) electrons. The number of halogens is 4. The Kier molecular flexibility index (Phi) is 4.52. The molecule has 4 nitrogen and oxygen atoms in total. The molecule has 1 aliphatic rings. The van der Waals surface area contributed by atoms with Crippen LogP contribution in [0.3, 0.4) is 0 Å². The Bertz CT molecular complexity index is 759. The van der Waals surface area contributed by atoms with Gasteiger partial charge in [0, 0.05) is 22.0 Å². The molecule has 22 heavy (non-hydrogen) atoms. The van der Waals surface area contributed by atoms with E-state index < -0.39 is 11.4 Å². The molecule has 1 fully saturated rings. The number of anilines is 1. The molecule has 0 amide bonds. The average Bonchev–Trinajstić information content (AvgIpc) is 2.44. The lowest BCUT2D eigenvalue weighted by atomic mass is 9.95. The molecular weight excluding hydrogens is 487 g/mol. The highest BCUT2D eigenvalue weighted by Gasteiger charge is 2.30. The Morgan fingerprint density at radius 2 is 2.23 bits per heavy atom. The fourth-order valence-corrected chi connectivity index (χ4v) is 3.79. The van der Waals surface area contributed by atoms with E-state index >= 15 is 0 Å². The van der Waals surface area contributed by atoms with Gasteiger partial charge in [-0.2, -0.15) is 4.98 Å². The molecule has 0 unspecified atom stereocenters. The Morgan fingerprint density at radius 3 is 2.91 bits per heavy atom. The molecule has 8 heteroatoms. The molecule has 0 aliphatic carbocycles. The SMILES string of the molecule is C[C@@]1(O)CCCN(c2nc(Cl)nc3c(F)c(Br)c(I)cc23)C1. The van der Waals surface area contributed by atoms with E-state index in [1.165, 1.54) is 0 Å². The zero-order valence-electron chi connectivity index (χ0n) is 11.7. The molecule has 1 aromatic heterocycles. The minimum absolute atomic E-state index is 0.000255. The summed E-state index contributed by atoms with van der Waals surface area (Å²) in [7, 11) is 0. The lowest BCUT2D eigenvalue weighted by Gasteiger charge is -2.37. The predicted octanol–water partition coefficient (Wildman–Crippen LogP) is 4.14. The highest BCUT2D eigenvalue weighted by atomic mass is 127. The van der Waals surface area contributed by atoms with Gasteiger partial charge in [-0.1, -0.05) is 0 Å². The number of hydrogen-bond acceptors (Lipinski definition) is 4. The molecule has 3 rings (SSSR count). The Balaban J connectivity index is 2.21. The van der Waals surface area contributed by atoms with Gasteiger partial charge in [-0.05, 0) is 76.0 Å². The van der Waals surface area contributed by atoms with Crippen LogP contribution >= 0.6 is 50.1 Å². The third-order valence-corrected chi connectivity index (χ3v) is 6.29. The van der Waals surface area contributed by atoms with E-state index in [-0.39, 0.29) is 10.8 Å². The molecule has 0 spiro atoms. The summed E-state index contributed by atoms with van der Waals surface area (Å²) in [4.78, 5) is 10.3. The monoisotopic (exact) mass is 499 g/mol. The second-order valence-corrected chi connectivity index (χ2v) is 8.01. The Morgan fingerprint density at radius 1 is 1.50 bits per heavy atom. The van der Waals surface area contributed by atoms with Crippen LogP contribution < -0.4 is 4.90 Å². The summed E-state index contributed by atoms with van der Waals surface area (Å²) in [5.41, 5.74) is -0.601. The third-order valence-electron chi connectivity index (χ3n) is 3.75. The highest BCUT2D eigenvalue weighted by Crippen LogP contribution is 2.35. The van der Waals surface area contributed by atoms with Gasteiger partial charge >= 0.3 is 0 Å². The molecule has 1 N–H and O–H groups in total. The van der Waals surface area contributed by atoms with E-state index in [1.54, 1.807) is 6.92 Å². The van der Waals surface area contributed by atoms with Gasteiger partial charge in [-0.3, -0.25) is 0 Å². The van der Waals surface area contributed by atoms with Crippen LogP contribution in [0.15, 0.2) is 10.5 Å². The van der Waals surface area contributed by atoms with Crippen LogP contribution in [0.5, 0.6) is 0 Å². The molecule has 0 bridgehead atoms. The lowest BCUT2D eigenvalue weighted by molar-refractivity contribution is 0.0448. The maximum absolute atomic E-state index is 14.5. The van der Waals surface area contributed by atoms with Crippen molar-refractivity contribution < 1.29 is 9.50 Å². The van der Waals surface area contributed by atoms with E-state index in [2.05, 4.69) is 48.5 Å². The number of piperidine rings is 1. The van der Waals surface area contributed by atoms with Crippen LogP contribution in [0.1, 0.15) is 19.8 Å². The fraction of sp³-hybridized carbons (Fsp3) is 0.429. The molecule has 2 heterocycles. The maximum Gasteiger partial charge on any atom is 0.225 e. The van der Waals surface area contributed by atoms with Gasteiger partial charge in [0.25, 0.3) is 0 Å². The van der Waals surface area contributed by atoms with Crippen LogP contribution in [-0.4, -0.2) is 33.8 Å². The number of aromatic nitrogens is 2. The molecule has 1 aliphatic heterocycles. The van der Waals surface area contributed by atoms with E-state index in [4.69, 9.17) is 11.6 Å².